The van der Waals surface area contributed by atoms with E-state index in [1.54, 1.807) is 7.11 Å². The van der Waals surface area contributed by atoms with Gasteiger partial charge in [0.2, 0.25) is 0 Å². The minimum atomic E-state index is 0.120. The normalized spacial score (nSPS) is 12.5. The van der Waals surface area contributed by atoms with Gasteiger partial charge in [0.25, 0.3) is 0 Å². The van der Waals surface area contributed by atoms with Crippen molar-refractivity contribution in [1.82, 2.24) is 0 Å². The van der Waals surface area contributed by atoms with Crippen molar-refractivity contribution >= 4 is 17.2 Å². The van der Waals surface area contributed by atoms with Crippen molar-refractivity contribution in [3.8, 4) is 5.75 Å². The molecule has 82 valence electrons. The molecule has 0 saturated carbocycles. The molecule has 0 aliphatic carbocycles. The third kappa shape index (κ3) is 2.93. The quantitative estimate of drug-likeness (QED) is 0.797. The van der Waals surface area contributed by atoms with Gasteiger partial charge in [-0.25, -0.2) is 0 Å². The van der Waals surface area contributed by atoms with Crippen molar-refractivity contribution in [2.45, 2.75) is 19.8 Å². The summed E-state index contributed by atoms with van der Waals surface area (Å²) in [5, 5.41) is 0. The first kappa shape index (κ1) is 12.0. The van der Waals surface area contributed by atoms with E-state index in [0.717, 1.165) is 11.3 Å². The van der Waals surface area contributed by atoms with Gasteiger partial charge in [-0.05, 0) is 23.6 Å². The summed E-state index contributed by atoms with van der Waals surface area (Å²) < 4.78 is 5.18. The molecule has 0 aliphatic heterocycles. The zero-order valence-corrected chi connectivity index (χ0v) is 10.2. The maximum Gasteiger partial charge on any atom is 0.119 e. The molecule has 0 spiro atoms. The number of rotatable bonds is 4. The zero-order chi connectivity index (χ0) is 11.4. The minimum Gasteiger partial charge on any atom is -0.497 e. The van der Waals surface area contributed by atoms with E-state index in [2.05, 4.69) is 13.8 Å². The van der Waals surface area contributed by atoms with Crippen LogP contribution in [0.3, 0.4) is 0 Å². The van der Waals surface area contributed by atoms with Crippen LogP contribution in [0.2, 0.25) is 0 Å². The van der Waals surface area contributed by atoms with Crippen LogP contribution in [0.5, 0.6) is 5.75 Å². The Morgan fingerprint density at radius 2 is 2.07 bits per heavy atom. The van der Waals surface area contributed by atoms with Crippen LogP contribution in [0.15, 0.2) is 24.3 Å². The molecular formula is C12H17NOS. The average molecular weight is 223 g/mol. The highest BCUT2D eigenvalue weighted by atomic mass is 32.1. The maximum atomic E-state index is 5.75. The summed E-state index contributed by atoms with van der Waals surface area (Å²) in [6.45, 7) is 4.23. The van der Waals surface area contributed by atoms with Crippen LogP contribution in [0, 0.1) is 5.92 Å². The molecule has 15 heavy (non-hydrogen) atoms. The summed E-state index contributed by atoms with van der Waals surface area (Å²) in [6.07, 6.45) is 0. The summed E-state index contributed by atoms with van der Waals surface area (Å²) in [7, 11) is 1.66. The number of hydrogen-bond donors (Lipinski definition) is 1. The van der Waals surface area contributed by atoms with Crippen LogP contribution >= 0.6 is 12.2 Å². The maximum absolute atomic E-state index is 5.75. The van der Waals surface area contributed by atoms with Crippen LogP contribution in [-0.2, 0) is 0 Å². The molecule has 0 aliphatic rings. The van der Waals surface area contributed by atoms with Gasteiger partial charge >= 0.3 is 0 Å². The lowest BCUT2D eigenvalue weighted by atomic mass is 9.88. The Labute approximate surface area is 96.4 Å². The van der Waals surface area contributed by atoms with Crippen molar-refractivity contribution in [2.75, 3.05) is 7.11 Å². The minimum absolute atomic E-state index is 0.120. The largest absolute Gasteiger partial charge is 0.497 e. The second-order valence-corrected chi connectivity index (χ2v) is 4.37. The lowest BCUT2D eigenvalue weighted by molar-refractivity contribution is 0.413. The molecule has 0 heterocycles. The molecule has 0 saturated heterocycles. The Balaban J connectivity index is 3.05. The monoisotopic (exact) mass is 223 g/mol. The van der Waals surface area contributed by atoms with Gasteiger partial charge in [-0.2, -0.15) is 0 Å². The van der Waals surface area contributed by atoms with E-state index in [-0.39, 0.29) is 5.92 Å². The van der Waals surface area contributed by atoms with Crippen LogP contribution < -0.4 is 10.5 Å². The number of ether oxygens (including phenoxy) is 1. The number of thiocarbonyl (C=S) groups is 1. The highest BCUT2D eigenvalue weighted by Crippen LogP contribution is 2.27. The fourth-order valence-corrected chi connectivity index (χ4v) is 2.12. The van der Waals surface area contributed by atoms with E-state index in [1.807, 2.05) is 24.3 Å². The molecule has 0 bridgehead atoms. The first-order chi connectivity index (χ1) is 7.06. The van der Waals surface area contributed by atoms with Crippen LogP contribution in [-0.4, -0.2) is 12.1 Å². The molecule has 0 amide bonds. The zero-order valence-electron chi connectivity index (χ0n) is 9.36. The molecule has 1 atom stereocenters. The predicted octanol–water partition coefficient (Wildman–Crippen LogP) is 2.72. The van der Waals surface area contributed by atoms with Crippen molar-refractivity contribution < 1.29 is 4.74 Å². The smallest absolute Gasteiger partial charge is 0.119 e. The second kappa shape index (κ2) is 5.12. The standard InChI is InChI=1S/C12H17NOS/c1-8(2)11(12(13)15)9-5-4-6-10(7-9)14-3/h4-8,11H,1-3H3,(H2,13,15). The van der Waals surface area contributed by atoms with Gasteiger partial charge in [-0.3, -0.25) is 0 Å². The molecule has 1 rings (SSSR count). The van der Waals surface area contributed by atoms with Gasteiger partial charge in [0.1, 0.15) is 5.75 Å². The third-order valence-electron chi connectivity index (χ3n) is 2.43. The highest BCUT2D eigenvalue weighted by molar-refractivity contribution is 7.80. The SMILES string of the molecule is COc1cccc(C(C(N)=S)C(C)C)c1. The summed E-state index contributed by atoms with van der Waals surface area (Å²) >= 11 is 5.09. The fraction of sp³-hybridized carbons (Fsp3) is 0.417. The molecule has 1 aromatic rings. The van der Waals surface area contributed by atoms with Crippen molar-refractivity contribution in [2.24, 2.45) is 11.7 Å². The van der Waals surface area contributed by atoms with Gasteiger partial charge in [0.05, 0.1) is 12.1 Å². The van der Waals surface area contributed by atoms with E-state index >= 15 is 0 Å². The van der Waals surface area contributed by atoms with E-state index in [0.29, 0.717) is 10.9 Å². The number of benzene rings is 1. The Bertz CT molecular complexity index is 349. The van der Waals surface area contributed by atoms with Gasteiger partial charge in [0, 0.05) is 5.92 Å². The predicted molar refractivity (Wildman–Crippen MR) is 67.4 cm³/mol. The number of methoxy groups -OCH3 is 1. The number of hydrogen-bond acceptors (Lipinski definition) is 2. The van der Waals surface area contributed by atoms with E-state index in [4.69, 9.17) is 22.7 Å². The van der Waals surface area contributed by atoms with Gasteiger partial charge in [-0.1, -0.05) is 38.2 Å². The molecule has 3 heteroatoms. The average Bonchev–Trinajstić information content (AvgIpc) is 2.17. The molecular weight excluding hydrogens is 206 g/mol. The Kier molecular flexibility index (Phi) is 4.09. The molecule has 0 radical (unpaired) electrons. The Morgan fingerprint density at radius 1 is 1.40 bits per heavy atom. The summed E-state index contributed by atoms with van der Waals surface area (Å²) in [6, 6.07) is 7.90. The van der Waals surface area contributed by atoms with Crippen molar-refractivity contribution in [3.63, 3.8) is 0 Å². The lowest BCUT2D eigenvalue weighted by Crippen LogP contribution is -2.23. The van der Waals surface area contributed by atoms with Gasteiger partial charge < -0.3 is 10.5 Å². The van der Waals surface area contributed by atoms with Gasteiger partial charge in [-0.15, -0.1) is 0 Å². The van der Waals surface area contributed by atoms with Crippen molar-refractivity contribution in [1.29, 1.82) is 0 Å². The van der Waals surface area contributed by atoms with Gasteiger partial charge in [0.15, 0.2) is 0 Å². The topological polar surface area (TPSA) is 35.2 Å². The molecule has 2 N–H and O–H groups in total. The molecule has 1 aromatic carbocycles. The molecule has 2 nitrogen and oxygen atoms in total. The first-order valence-corrected chi connectivity index (χ1v) is 5.40. The Morgan fingerprint density at radius 3 is 2.53 bits per heavy atom. The molecule has 0 aromatic heterocycles. The first-order valence-electron chi connectivity index (χ1n) is 4.99. The third-order valence-corrected chi connectivity index (χ3v) is 2.68. The summed E-state index contributed by atoms with van der Waals surface area (Å²) in [5.74, 6) is 1.36. The molecule has 0 fully saturated rings. The fourth-order valence-electron chi connectivity index (χ4n) is 1.71. The van der Waals surface area contributed by atoms with E-state index < -0.39 is 0 Å². The second-order valence-electron chi connectivity index (χ2n) is 3.90. The summed E-state index contributed by atoms with van der Waals surface area (Å²) in [4.78, 5) is 0.540. The lowest BCUT2D eigenvalue weighted by Gasteiger charge is -2.20. The summed E-state index contributed by atoms with van der Waals surface area (Å²) in [5.41, 5.74) is 6.87. The highest BCUT2D eigenvalue weighted by Gasteiger charge is 2.18. The van der Waals surface area contributed by atoms with Crippen LogP contribution in [0.25, 0.3) is 0 Å². The van der Waals surface area contributed by atoms with Crippen LogP contribution in [0.4, 0.5) is 0 Å². The van der Waals surface area contributed by atoms with Crippen LogP contribution in [0.1, 0.15) is 25.3 Å². The molecule has 1 unspecified atom stereocenters. The van der Waals surface area contributed by atoms with E-state index in [1.165, 1.54) is 0 Å². The Hall–Kier alpha value is -1.09. The van der Waals surface area contributed by atoms with Crippen molar-refractivity contribution in [3.05, 3.63) is 29.8 Å². The number of nitrogens with two attached hydrogens (primary N) is 1. The van der Waals surface area contributed by atoms with E-state index in [9.17, 15) is 0 Å².